The highest BCUT2D eigenvalue weighted by Crippen LogP contribution is 2.39. The first kappa shape index (κ1) is 22.0. The van der Waals surface area contributed by atoms with Gasteiger partial charge in [-0.1, -0.05) is 12.1 Å². The van der Waals surface area contributed by atoms with Crippen LogP contribution in [-0.2, 0) is 14.3 Å². The zero-order valence-electron chi connectivity index (χ0n) is 17.5. The molecule has 0 spiro atoms. The van der Waals surface area contributed by atoms with Gasteiger partial charge in [0.15, 0.2) is 0 Å². The number of phenols is 1. The molecule has 0 saturated carbocycles. The molecule has 168 valence electrons. The Kier molecular flexibility index (Phi) is 6.53. The van der Waals surface area contributed by atoms with Gasteiger partial charge < -0.3 is 19.8 Å². The Bertz CT molecular complexity index is 1010. The number of carbonyl (C=O) groups is 2. The zero-order valence-corrected chi connectivity index (χ0v) is 17.5. The summed E-state index contributed by atoms with van der Waals surface area (Å²) in [4.78, 5) is 29.6. The highest BCUT2D eigenvalue weighted by atomic mass is 19.1. The van der Waals surface area contributed by atoms with Gasteiger partial charge in [-0.05, 0) is 48.4 Å². The summed E-state index contributed by atoms with van der Waals surface area (Å²) in [5, 5.41) is 20.6. The average molecular weight is 440 g/mol. The van der Waals surface area contributed by atoms with E-state index < -0.39 is 23.5 Å². The van der Waals surface area contributed by atoms with E-state index in [1.54, 1.807) is 12.1 Å². The van der Waals surface area contributed by atoms with Crippen LogP contribution >= 0.6 is 0 Å². The molecule has 0 bridgehead atoms. The molecular formula is C24H25FN2O5. The van der Waals surface area contributed by atoms with Gasteiger partial charge >= 0.3 is 0 Å². The van der Waals surface area contributed by atoms with Crippen molar-refractivity contribution in [1.82, 2.24) is 9.80 Å². The number of ether oxygens (including phenoxy) is 1. The number of Topliss-reactive ketones (excluding diaryl/α,β-unsaturated/α-hetero) is 1. The second kappa shape index (κ2) is 9.50. The maximum atomic E-state index is 13.3. The van der Waals surface area contributed by atoms with Gasteiger partial charge in [-0.25, -0.2) is 4.39 Å². The summed E-state index contributed by atoms with van der Waals surface area (Å²) in [7, 11) is 0. The molecule has 1 unspecified atom stereocenters. The molecule has 2 saturated heterocycles. The number of likely N-dealkylation sites (tertiary alicyclic amines) is 1. The van der Waals surface area contributed by atoms with Crippen molar-refractivity contribution in [1.29, 1.82) is 0 Å². The Balaban J connectivity index is 1.66. The molecule has 7 nitrogen and oxygen atoms in total. The first-order chi connectivity index (χ1) is 15.5. The van der Waals surface area contributed by atoms with Crippen molar-refractivity contribution in [3.8, 4) is 5.75 Å². The molecule has 0 radical (unpaired) electrons. The molecule has 2 aromatic rings. The van der Waals surface area contributed by atoms with Crippen LogP contribution in [0.4, 0.5) is 4.39 Å². The first-order valence-electron chi connectivity index (χ1n) is 10.6. The molecule has 2 aromatic carbocycles. The summed E-state index contributed by atoms with van der Waals surface area (Å²) in [5.74, 6) is -2.24. The molecule has 2 N–H and O–H groups in total. The third kappa shape index (κ3) is 4.51. The van der Waals surface area contributed by atoms with Crippen LogP contribution in [0.25, 0.3) is 5.76 Å². The molecule has 2 fully saturated rings. The van der Waals surface area contributed by atoms with E-state index in [9.17, 15) is 24.2 Å². The van der Waals surface area contributed by atoms with E-state index in [4.69, 9.17) is 4.74 Å². The predicted octanol–water partition coefficient (Wildman–Crippen LogP) is 2.68. The Morgan fingerprint density at radius 3 is 2.31 bits per heavy atom. The number of phenolic OH excluding ortho intramolecular Hbond substituents is 1. The first-order valence-corrected chi connectivity index (χ1v) is 10.6. The van der Waals surface area contributed by atoms with E-state index in [0.717, 1.165) is 19.6 Å². The van der Waals surface area contributed by atoms with Crippen molar-refractivity contribution in [2.24, 2.45) is 0 Å². The number of hydrogen-bond acceptors (Lipinski definition) is 6. The summed E-state index contributed by atoms with van der Waals surface area (Å²) in [5.41, 5.74) is 0.803. The lowest BCUT2D eigenvalue weighted by atomic mass is 9.95. The number of carbonyl (C=O) groups excluding carboxylic acids is 2. The minimum Gasteiger partial charge on any atom is -0.508 e. The lowest BCUT2D eigenvalue weighted by Gasteiger charge is -2.29. The summed E-state index contributed by atoms with van der Waals surface area (Å²) in [6.07, 6.45) is 0.651. The van der Waals surface area contributed by atoms with Crippen molar-refractivity contribution in [3.63, 3.8) is 0 Å². The predicted molar refractivity (Wildman–Crippen MR) is 115 cm³/mol. The van der Waals surface area contributed by atoms with E-state index in [1.165, 1.54) is 41.3 Å². The third-order valence-corrected chi connectivity index (χ3v) is 5.84. The lowest BCUT2D eigenvalue weighted by molar-refractivity contribution is -0.140. The highest BCUT2D eigenvalue weighted by Gasteiger charge is 2.45. The van der Waals surface area contributed by atoms with E-state index >= 15 is 0 Å². The summed E-state index contributed by atoms with van der Waals surface area (Å²) >= 11 is 0. The van der Waals surface area contributed by atoms with Gasteiger partial charge in [0, 0.05) is 31.7 Å². The van der Waals surface area contributed by atoms with Crippen molar-refractivity contribution >= 4 is 17.4 Å². The zero-order chi connectivity index (χ0) is 22.7. The van der Waals surface area contributed by atoms with E-state index in [2.05, 4.69) is 4.90 Å². The highest BCUT2D eigenvalue weighted by molar-refractivity contribution is 6.46. The lowest BCUT2D eigenvalue weighted by Crippen LogP contribution is -2.38. The number of amides is 1. The molecule has 2 aliphatic heterocycles. The summed E-state index contributed by atoms with van der Waals surface area (Å²) in [6.45, 7) is 4.08. The van der Waals surface area contributed by atoms with Gasteiger partial charge in [-0.3, -0.25) is 14.5 Å². The quantitative estimate of drug-likeness (QED) is 0.408. The largest absolute Gasteiger partial charge is 0.508 e. The van der Waals surface area contributed by atoms with Crippen molar-refractivity contribution in [2.75, 3.05) is 39.4 Å². The number of aliphatic hydroxyl groups excluding tert-OH is 1. The Labute approximate surface area is 185 Å². The van der Waals surface area contributed by atoms with Crippen LogP contribution in [0, 0.1) is 5.82 Å². The van der Waals surface area contributed by atoms with Gasteiger partial charge in [0.2, 0.25) is 0 Å². The Morgan fingerprint density at radius 1 is 1.00 bits per heavy atom. The number of nitrogens with zero attached hydrogens (tertiary/aromatic N) is 2. The number of rotatable bonds is 6. The number of benzene rings is 2. The van der Waals surface area contributed by atoms with Crippen LogP contribution in [0.3, 0.4) is 0 Å². The van der Waals surface area contributed by atoms with Gasteiger partial charge in [0.05, 0.1) is 24.8 Å². The summed E-state index contributed by atoms with van der Waals surface area (Å²) in [6, 6.07) is 10.5. The summed E-state index contributed by atoms with van der Waals surface area (Å²) < 4.78 is 18.7. The Hall–Kier alpha value is -3.23. The molecule has 2 aliphatic rings. The third-order valence-electron chi connectivity index (χ3n) is 5.84. The molecule has 32 heavy (non-hydrogen) atoms. The fourth-order valence-corrected chi connectivity index (χ4v) is 4.17. The van der Waals surface area contributed by atoms with Crippen LogP contribution in [-0.4, -0.2) is 71.1 Å². The topological polar surface area (TPSA) is 90.3 Å². The van der Waals surface area contributed by atoms with Crippen LogP contribution < -0.4 is 0 Å². The monoisotopic (exact) mass is 440 g/mol. The average Bonchev–Trinajstić information content (AvgIpc) is 3.05. The Morgan fingerprint density at radius 2 is 1.66 bits per heavy atom. The van der Waals surface area contributed by atoms with Crippen molar-refractivity contribution in [2.45, 2.75) is 12.5 Å². The number of halogens is 1. The second-order valence-electron chi connectivity index (χ2n) is 7.90. The van der Waals surface area contributed by atoms with E-state index in [0.29, 0.717) is 31.7 Å². The van der Waals surface area contributed by atoms with Gasteiger partial charge in [-0.15, -0.1) is 0 Å². The smallest absolute Gasteiger partial charge is 0.295 e. The number of ketones is 1. The number of aromatic hydroxyl groups is 1. The molecule has 1 amide bonds. The number of hydrogen-bond donors (Lipinski definition) is 2. The van der Waals surface area contributed by atoms with Crippen LogP contribution in [0.1, 0.15) is 23.6 Å². The fraction of sp³-hybridized carbons (Fsp3) is 0.333. The fourth-order valence-electron chi connectivity index (χ4n) is 4.17. The van der Waals surface area contributed by atoms with Crippen LogP contribution in [0.15, 0.2) is 54.1 Å². The molecule has 0 aliphatic carbocycles. The minimum atomic E-state index is -0.801. The maximum absolute atomic E-state index is 13.3. The van der Waals surface area contributed by atoms with Gasteiger partial charge in [-0.2, -0.15) is 0 Å². The van der Waals surface area contributed by atoms with Crippen molar-refractivity contribution in [3.05, 3.63) is 71.0 Å². The molecule has 4 rings (SSSR count). The standard InChI is InChI=1S/C24H25FN2O5/c25-18-6-2-17(3-7-18)22(29)20-21(16-4-8-19(28)9-5-16)27(24(31)23(20)30)11-1-10-26-12-14-32-15-13-26/h2-9,21,28-29H,1,10-15H2/b22-20-. The van der Waals surface area contributed by atoms with Crippen LogP contribution in [0.5, 0.6) is 5.75 Å². The SMILES string of the molecule is O=C1C(=O)N(CCCN2CCOCC2)C(c2ccc(O)cc2)/C1=C(/O)c1ccc(F)cc1. The van der Waals surface area contributed by atoms with Gasteiger partial charge in [0.1, 0.15) is 17.3 Å². The molecule has 2 heterocycles. The molecule has 1 atom stereocenters. The second-order valence-corrected chi connectivity index (χ2v) is 7.90. The number of aliphatic hydroxyl groups is 1. The number of morpholine rings is 1. The van der Waals surface area contributed by atoms with E-state index in [1.807, 2.05) is 0 Å². The van der Waals surface area contributed by atoms with Crippen molar-refractivity contribution < 1.29 is 28.9 Å². The minimum absolute atomic E-state index is 0.0429. The normalized spacial score (nSPS) is 21.3. The molecule has 8 heteroatoms. The molecule has 0 aromatic heterocycles. The van der Waals surface area contributed by atoms with Gasteiger partial charge in [0.25, 0.3) is 11.7 Å². The van der Waals surface area contributed by atoms with Crippen LogP contribution in [0.2, 0.25) is 0 Å². The maximum Gasteiger partial charge on any atom is 0.295 e. The molecular weight excluding hydrogens is 415 g/mol. The van der Waals surface area contributed by atoms with E-state index in [-0.39, 0.29) is 22.6 Å².